The minimum Gasteiger partial charge on any atom is -0.457 e. The highest BCUT2D eigenvalue weighted by molar-refractivity contribution is 6.28. The largest absolute Gasteiger partial charge is 0.457 e. The summed E-state index contributed by atoms with van der Waals surface area (Å²) in [7, 11) is 0. The number of anilines is 4. The first-order valence-electron chi connectivity index (χ1n) is 19.8. The molecule has 2 aromatic heterocycles. The lowest BCUT2D eigenvalue weighted by atomic mass is 9.95. The quantitative estimate of drug-likeness (QED) is 0.164. The van der Waals surface area contributed by atoms with Gasteiger partial charge in [0.1, 0.15) is 24.0 Å². The van der Waals surface area contributed by atoms with E-state index < -0.39 is 0 Å². The first-order valence-corrected chi connectivity index (χ1v) is 19.8. The molecular formula is C53H36N4O. The van der Waals surface area contributed by atoms with E-state index in [1.165, 1.54) is 60.3 Å². The number of aromatic nitrogens is 2. The summed E-state index contributed by atoms with van der Waals surface area (Å²) in [6.07, 6.45) is 0. The highest BCUT2D eigenvalue weighted by Crippen LogP contribution is 2.46. The van der Waals surface area contributed by atoms with Crippen molar-refractivity contribution in [2.24, 2.45) is 0 Å². The molecule has 9 aromatic carbocycles. The number of benzene rings is 9. The number of fused-ring (bicyclic) bond motifs is 11. The van der Waals surface area contributed by atoms with Crippen LogP contribution in [0.15, 0.2) is 188 Å². The molecule has 0 radical (unpaired) electrons. The molecule has 58 heavy (non-hydrogen) atoms. The van der Waals surface area contributed by atoms with Crippen molar-refractivity contribution < 1.29 is 4.74 Å². The van der Waals surface area contributed by atoms with Crippen molar-refractivity contribution in [2.45, 2.75) is 6.92 Å². The SMILES string of the molecule is Cc1cccc(N2CN(c3cccc(Oc4ccc5c6ccccc6n(-c6nc7ccc8ccccc8c7c7c6ccc6ccccc67)c5c4)c3)c3ccccc32)c1. The molecule has 0 unspecified atom stereocenters. The molecule has 0 N–H and O–H groups in total. The Morgan fingerprint density at radius 3 is 1.83 bits per heavy atom. The predicted octanol–water partition coefficient (Wildman–Crippen LogP) is 14.1. The van der Waals surface area contributed by atoms with E-state index in [1.54, 1.807) is 0 Å². The molecule has 0 saturated heterocycles. The lowest BCUT2D eigenvalue weighted by Gasteiger charge is -2.22. The van der Waals surface area contributed by atoms with Crippen molar-refractivity contribution in [2.75, 3.05) is 16.5 Å². The maximum atomic E-state index is 6.78. The summed E-state index contributed by atoms with van der Waals surface area (Å²) in [5, 5.41) is 10.7. The fourth-order valence-corrected chi connectivity index (χ4v) is 9.23. The maximum absolute atomic E-state index is 6.78. The molecule has 5 nitrogen and oxygen atoms in total. The van der Waals surface area contributed by atoms with Crippen LogP contribution in [0.1, 0.15) is 5.56 Å². The van der Waals surface area contributed by atoms with Gasteiger partial charge in [0.15, 0.2) is 0 Å². The van der Waals surface area contributed by atoms with E-state index >= 15 is 0 Å². The molecule has 0 amide bonds. The van der Waals surface area contributed by atoms with Crippen LogP contribution in [0.5, 0.6) is 11.5 Å². The Morgan fingerprint density at radius 1 is 0.448 bits per heavy atom. The standard InChI is InChI=1S/C53H36N4O/c1-34-12-10-15-37(30-34)55-33-56(49-23-9-8-22-48(49)55)38-16-11-17-39(31-38)58-40-26-28-44-43-20-6-7-21-47(43)57(50(44)32-40)53-45-27-24-35-13-2-4-18-41(35)51(45)52-42-19-5-3-14-36(42)25-29-46(52)54-53/h2-32H,33H2,1H3. The average Bonchev–Trinajstić information content (AvgIpc) is 3.82. The number of para-hydroxylation sites is 3. The van der Waals surface area contributed by atoms with Crippen molar-refractivity contribution in [1.29, 1.82) is 0 Å². The summed E-state index contributed by atoms with van der Waals surface area (Å²) in [5.74, 6) is 2.44. The molecular weight excluding hydrogens is 709 g/mol. The van der Waals surface area contributed by atoms with Crippen LogP contribution in [0, 0.1) is 6.92 Å². The Bertz CT molecular complexity index is 3460. The fraction of sp³-hybridized carbons (Fsp3) is 0.0377. The highest BCUT2D eigenvalue weighted by atomic mass is 16.5. The zero-order chi connectivity index (χ0) is 38.3. The van der Waals surface area contributed by atoms with Gasteiger partial charge in [-0.15, -0.1) is 0 Å². The Morgan fingerprint density at radius 2 is 1.05 bits per heavy atom. The van der Waals surface area contributed by atoms with E-state index in [9.17, 15) is 0 Å². The monoisotopic (exact) mass is 744 g/mol. The average molecular weight is 745 g/mol. The molecule has 274 valence electrons. The van der Waals surface area contributed by atoms with Gasteiger partial charge in [-0.05, 0) is 101 Å². The summed E-state index contributed by atoms with van der Waals surface area (Å²) in [5.41, 5.74) is 8.97. The Kier molecular flexibility index (Phi) is 7.14. The van der Waals surface area contributed by atoms with Crippen LogP contribution in [0.3, 0.4) is 0 Å². The maximum Gasteiger partial charge on any atom is 0.146 e. The van der Waals surface area contributed by atoms with E-state index in [1.807, 2.05) is 6.07 Å². The molecule has 11 aromatic rings. The molecule has 5 heteroatoms. The molecule has 1 aliphatic rings. The number of pyridine rings is 1. The second-order valence-electron chi connectivity index (χ2n) is 15.3. The van der Waals surface area contributed by atoms with Gasteiger partial charge < -0.3 is 14.5 Å². The second-order valence-corrected chi connectivity index (χ2v) is 15.3. The van der Waals surface area contributed by atoms with Crippen molar-refractivity contribution in [3.63, 3.8) is 0 Å². The van der Waals surface area contributed by atoms with Crippen LogP contribution >= 0.6 is 0 Å². The highest BCUT2D eigenvalue weighted by Gasteiger charge is 2.28. The molecule has 0 bridgehead atoms. The van der Waals surface area contributed by atoms with Crippen molar-refractivity contribution in [1.82, 2.24) is 9.55 Å². The van der Waals surface area contributed by atoms with Gasteiger partial charge in [0, 0.05) is 50.4 Å². The molecule has 3 heterocycles. The van der Waals surface area contributed by atoms with Crippen LogP contribution < -0.4 is 14.5 Å². The Balaban J connectivity index is 1.01. The van der Waals surface area contributed by atoms with E-state index in [0.29, 0.717) is 6.67 Å². The first-order chi connectivity index (χ1) is 28.7. The van der Waals surface area contributed by atoms with Gasteiger partial charge in [-0.3, -0.25) is 4.57 Å². The van der Waals surface area contributed by atoms with Crippen LogP contribution in [-0.4, -0.2) is 16.2 Å². The van der Waals surface area contributed by atoms with Gasteiger partial charge in [0.05, 0.1) is 27.9 Å². The van der Waals surface area contributed by atoms with E-state index in [0.717, 1.165) is 50.3 Å². The van der Waals surface area contributed by atoms with Gasteiger partial charge in [0.25, 0.3) is 0 Å². The molecule has 0 spiro atoms. The fourth-order valence-electron chi connectivity index (χ4n) is 9.23. The molecule has 0 fully saturated rings. The van der Waals surface area contributed by atoms with Crippen LogP contribution in [0.2, 0.25) is 0 Å². The van der Waals surface area contributed by atoms with Gasteiger partial charge >= 0.3 is 0 Å². The van der Waals surface area contributed by atoms with Crippen molar-refractivity contribution >= 4 is 87.8 Å². The summed E-state index contributed by atoms with van der Waals surface area (Å²) >= 11 is 0. The van der Waals surface area contributed by atoms with Gasteiger partial charge in [-0.25, -0.2) is 4.98 Å². The topological polar surface area (TPSA) is 33.5 Å². The summed E-state index contributed by atoms with van der Waals surface area (Å²) in [6.45, 7) is 2.85. The minimum absolute atomic E-state index is 0.704. The molecule has 12 rings (SSSR count). The normalized spacial score (nSPS) is 12.8. The zero-order valence-electron chi connectivity index (χ0n) is 31.8. The molecule has 0 aliphatic carbocycles. The predicted molar refractivity (Wildman–Crippen MR) is 242 cm³/mol. The Hall–Kier alpha value is -7.63. The van der Waals surface area contributed by atoms with Crippen LogP contribution in [0.25, 0.3) is 70.8 Å². The van der Waals surface area contributed by atoms with E-state index in [4.69, 9.17) is 9.72 Å². The molecule has 0 saturated carbocycles. The molecule has 1 aliphatic heterocycles. The lowest BCUT2D eigenvalue weighted by Crippen LogP contribution is -2.23. The number of ether oxygens (including phenoxy) is 1. The summed E-state index contributed by atoms with van der Waals surface area (Å²) in [4.78, 5) is 10.3. The number of aryl methyl sites for hydroxylation is 1. The van der Waals surface area contributed by atoms with E-state index in [-0.39, 0.29) is 0 Å². The third-order valence-corrected chi connectivity index (χ3v) is 11.8. The smallest absolute Gasteiger partial charge is 0.146 e. The number of rotatable bonds is 5. The van der Waals surface area contributed by atoms with Crippen LogP contribution in [-0.2, 0) is 0 Å². The first kappa shape index (κ1) is 32.6. The van der Waals surface area contributed by atoms with Gasteiger partial charge in [-0.2, -0.15) is 0 Å². The number of hydrogen-bond donors (Lipinski definition) is 0. The van der Waals surface area contributed by atoms with E-state index in [2.05, 4.69) is 203 Å². The van der Waals surface area contributed by atoms with Gasteiger partial charge in [-0.1, -0.05) is 109 Å². The van der Waals surface area contributed by atoms with Gasteiger partial charge in [0.2, 0.25) is 0 Å². The summed E-state index contributed by atoms with van der Waals surface area (Å²) in [6, 6.07) is 67.0. The summed E-state index contributed by atoms with van der Waals surface area (Å²) < 4.78 is 9.11. The Labute approximate surface area is 335 Å². The third-order valence-electron chi connectivity index (χ3n) is 11.8. The lowest BCUT2D eigenvalue weighted by molar-refractivity contribution is 0.483. The third kappa shape index (κ3) is 5.00. The van der Waals surface area contributed by atoms with Crippen LogP contribution in [0.4, 0.5) is 22.7 Å². The second kappa shape index (κ2) is 12.7. The minimum atomic E-state index is 0.704. The molecule has 0 atom stereocenters. The number of hydrogen-bond acceptors (Lipinski definition) is 4. The van der Waals surface area contributed by atoms with Crippen molar-refractivity contribution in [3.8, 4) is 17.3 Å². The van der Waals surface area contributed by atoms with Crippen molar-refractivity contribution in [3.05, 3.63) is 194 Å². The number of nitrogens with zero attached hydrogens (tertiary/aromatic N) is 4. The zero-order valence-corrected chi connectivity index (χ0v) is 31.8.